The lowest BCUT2D eigenvalue weighted by Gasteiger charge is -2.05. The molecule has 7 nitrogen and oxygen atoms in total. The molecule has 4 rings (SSSR count). The van der Waals surface area contributed by atoms with Crippen LogP contribution < -0.4 is 5.32 Å². The van der Waals surface area contributed by atoms with Crippen molar-refractivity contribution < 1.29 is 9.26 Å². The molecule has 1 aliphatic rings. The molecule has 1 saturated heterocycles. The van der Waals surface area contributed by atoms with Gasteiger partial charge < -0.3 is 14.6 Å². The minimum absolute atomic E-state index is 0.0283. The Bertz CT molecular complexity index is 809. The van der Waals surface area contributed by atoms with Crippen molar-refractivity contribution in [3.8, 4) is 0 Å². The molecule has 3 aromatic rings. The van der Waals surface area contributed by atoms with Gasteiger partial charge in [-0.25, -0.2) is 9.97 Å². The highest BCUT2D eigenvalue weighted by atomic mass is 32.1. The smallest absolute Gasteiger partial charge is 0.255 e. The summed E-state index contributed by atoms with van der Waals surface area (Å²) in [5, 5.41) is 9.40. The van der Waals surface area contributed by atoms with Gasteiger partial charge in [0.1, 0.15) is 17.7 Å². The van der Waals surface area contributed by atoms with Crippen LogP contribution in [0.4, 0.5) is 5.82 Å². The van der Waals surface area contributed by atoms with Crippen LogP contribution in [0.25, 0.3) is 10.2 Å². The molecule has 120 valence electrons. The molecule has 1 N–H and O–H groups in total. The van der Waals surface area contributed by atoms with E-state index in [-0.39, 0.29) is 6.10 Å². The molecular weight excluding hydrogens is 314 g/mol. The highest BCUT2D eigenvalue weighted by Gasteiger charge is 2.23. The van der Waals surface area contributed by atoms with E-state index >= 15 is 0 Å². The van der Waals surface area contributed by atoms with Gasteiger partial charge in [0.25, 0.3) is 5.89 Å². The zero-order valence-electron chi connectivity index (χ0n) is 12.8. The molecule has 23 heavy (non-hydrogen) atoms. The zero-order chi connectivity index (χ0) is 15.6. The monoisotopic (exact) mass is 331 g/mol. The van der Waals surface area contributed by atoms with Crippen LogP contribution >= 0.6 is 11.3 Å². The molecule has 1 unspecified atom stereocenters. The van der Waals surface area contributed by atoms with E-state index in [0.29, 0.717) is 24.7 Å². The number of ether oxygens (including phenoxy) is 1. The number of anilines is 1. The van der Waals surface area contributed by atoms with Crippen LogP contribution in [-0.2, 0) is 11.2 Å². The first-order chi connectivity index (χ1) is 11.3. The van der Waals surface area contributed by atoms with Gasteiger partial charge in [0.2, 0.25) is 0 Å². The van der Waals surface area contributed by atoms with Crippen molar-refractivity contribution in [3.05, 3.63) is 29.0 Å². The summed E-state index contributed by atoms with van der Waals surface area (Å²) in [6.45, 7) is 3.36. The summed E-state index contributed by atoms with van der Waals surface area (Å²) in [7, 11) is 0. The van der Waals surface area contributed by atoms with Crippen LogP contribution in [0.1, 0.15) is 36.5 Å². The summed E-state index contributed by atoms with van der Waals surface area (Å²) >= 11 is 1.64. The topological polar surface area (TPSA) is 86.0 Å². The van der Waals surface area contributed by atoms with Crippen LogP contribution in [-0.4, -0.2) is 33.3 Å². The molecule has 1 atom stereocenters. The van der Waals surface area contributed by atoms with E-state index in [1.165, 1.54) is 0 Å². The summed E-state index contributed by atoms with van der Waals surface area (Å²) in [5.41, 5.74) is 0.977. The Morgan fingerprint density at radius 1 is 1.35 bits per heavy atom. The molecule has 4 heterocycles. The fourth-order valence-electron chi connectivity index (χ4n) is 2.66. The van der Waals surface area contributed by atoms with Gasteiger partial charge in [-0.05, 0) is 31.2 Å². The first-order valence-corrected chi connectivity index (χ1v) is 8.57. The number of rotatable bonds is 5. The molecule has 8 heteroatoms. The first-order valence-electron chi connectivity index (χ1n) is 7.69. The minimum atomic E-state index is -0.0283. The van der Waals surface area contributed by atoms with Gasteiger partial charge in [0.15, 0.2) is 5.82 Å². The van der Waals surface area contributed by atoms with Crippen molar-refractivity contribution in [1.82, 2.24) is 20.1 Å². The van der Waals surface area contributed by atoms with Crippen molar-refractivity contribution in [3.63, 3.8) is 0 Å². The maximum absolute atomic E-state index is 5.55. The molecule has 1 aliphatic heterocycles. The SMILES string of the molecule is Cc1nc(NCCc2noc(C3CCCO3)n2)c2sccc2n1. The Labute approximate surface area is 137 Å². The maximum atomic E-state index is 5.55. The average Bonchev–Trinajstić information content (AvgIpc) is 3.27. The summed E-state index contributed by atoms with van der Waals surface area (Å²) < 4.78 is 11.9. The molecule has 3 aromatic heterocycles. The summed E-state index contributed by atoms with van der Waals surface area (Å²) in [6.07, 6.45) is 2.65. The van der Waals surface area contributed by atoms with E-state index in [0.717, 1.165) is 41.3 Å². The number of hydrogen-bond acceptors (Lipinski definition) is 8. The molecular formula is C15H17N5O2S. The van der Waals surface area contributed by atoms with Crippen LogP contribution in [0, 0.1) is 6.92 Å². The lowest BCUT2D eigenvalue weighted by Crippen LogP contribution is -2.08. The van der Waals surface area contributed by atoms with Crippen molar-refractivity contribution in [2.45, 2.75) is 32.3 Å². The van der Waals surface area contributed by atoms with Crippen LogP contribution in [0.3, 0.4) is 0 Å². The predicted octanol–water partition coefficient (Wildman–Crippen LogP) is 2.89. The third-order valence-electron chi connectivity index (χ3n) is 3.75. The first kappa shape index (κ1) is 14.5. The van der Waals surface area contributed by atoms with Crippen LogP contribution in [0.2, 0.25) is 0 Å². The van der Waals surface area contributed by atoms with E-state index in [1.54, 1.807) is 11.3 Å². The van der Waals surface area contributed by atoms with Gasteiger partial charge in [-0.2, -0.15) is 4.98 Å². The summed E-state index contributed by atoms with van der Waals surface area (Å²) in [5.74, 6) is 2.91. The third-order valence-corrected chi connectivity index (χ3v) is 4.66. The zero-order valence-corrected chi connectivity index (χ0v) is 13.6. The highest BCUT2D eigenvalue weighted by Crippen LogP contribution is 2.27. The second kappa shape index (κ2) is 6.21. The Morgan fingerprint density at radius 2 is 2.30 bits per heavy atom. The van der Waals surface area contributed by atoms with E-state index in [4.69, 9.17) is 9.26 Å². The molecule has 1 fully saturated rings. The van der Waals surface area contributed by atoms with Gasteiger partial charge in [0, 0.05) is 19.6 Å². The lowest BCUT2D eigenvalue weighted by atomic mass is 10.2. The van der Waals surface area contributed by atoms with Crippen LogP contribution in [0.5, 0.6) is 0 Å². The second-order valence-electron chi connectivity index (χ2n) is 5.48. The summed E-state index contributed by atoms with van der Waals surface area (Å²) in [6, 6.07) is 2.01. The average molecular weight is 331 g/mol. The van der Waals surface area contributed by atoms with Gasteiger partial charge in [0.05, 0.1) is 10.2 Å². The van der Waals surface area contributed by atoms with Gasteiger partial charge >= 0.3 is 0 Å². The standard InChI is InChI=1S/C15H17N5O2S/c1-9-17-10-5-8-23-13(10)14(18-9)16-6-4-12-19-15(22-20-12)11-3-2-7-21-11/h5,8,11H,2-4,6-7H2,1H3,(H,16,17,18). The number of hydrogen-bond donors (Lipinski definition) is 1. The number of nitrogens with one attached hydrogen (secondary N) is 1. The largest absolute Gasteiger partial charge is 0.368 e. The van der Waals surface area contributed by atoms with Gasteiger partial charge in [-0.15, -0.1) is 11.3 Å². The normalized spacial score (nSPS) is 17.9. The Morgan fingerprint density at radius 3 is 3.17 bits per heavy atom. The minimum Gasteiger partial charge on any atom is -0.368 e. The van der Waals surface area contributed by atoms with E-state index < -0.39 is 0 Å². The van der Waals surface area contributed by atoms with Crippen LogP contribution in [0.15, 0.2) is 16.0 Å². The predicted molar refractivity (Wildman–Crippen MR) is 86.6 cm³/mol. The van der Waals surface area contributed by atoms with Gasteiger partial charge in [-0.3, -0.25) is 0 Å². The second-order valence-corrected chi connectivity index (χ2v) is 6.40. The quantitative estimate of drug-likeness (QED) is 0.769. The van der Waals surface area contributed by atoms with Crippen molar-refractivity contribution in [2.75, 3.05) is 18.5 Å². The Balaban J connectivity index is 1.40. The summed E-state index contributed by atoms with van der Waals surface area (Å²) in [4.78, 5) is 13.3. The number of aryl methyl sites for hydroxylation is 1. The molecule has 0 amide bonds. The number of nitrogens with zero attached hydrogens (tertiary/aromatic N) is 4. The third kappa shape index (κ3) is 3.04. The maximum Gasteiger partial charge on any atom is 0.255 e. The Kier molecular flexibility index (Phi) is 3.92. The molecule has 0 saturated carbocycles. The van der Waals surface area contributed by atoms with E-state index in [1.807, 2.05) is 18.4 Å². The lowest BCUT2D eigenvalue weighted by molar-refractivity contribution is 0.0835. The fourth-order valence-corrected chi connectivity index (χ4v) is 3.46. The van der Waals surface area contributed by atoms with E-state index in [2.05, 4.69) is 25.4 Å². The van der Waals surface area contributed by atoms with Crippen molar-refractivity contribution in [2.24, 2.45) is 0 Å². The number of aromatic nitrogens is 4. The van der Waals surface area contributed by atoms with Crippen molar-refractivity contribution >= 4 is 27.4 Å². The molecule has 0 aromatic carbocycles. The number of thiophene rings is 1. The highest BCUT2D eigenvalue weighted by molar-refractivity contribution is 7.17. The molecule has 0 bridgehead atoms. The molecule has 0 spiro atoms. The Hall–Kier alpha value is -2.06. The molecule has 0 radical (unpaired) electrons. The van der Waals surface area contributed by atoms with Gasteiger partial charge in [-0.1, -0.05) is 5.16 Å². The molecule has 0 aliphatic carbocycles. The number of fused-ring (bicyclic) bond motifs is 1. The fraction of sp³-hybridized carbons (Fsp3) is 0.467. The van der Waals surface area contributed by atoms with E-state index in [9.17, 15) is 0 Å². The van der Waals surface area contributed by atoms with Crippen molar-refractivity contribution in [1.29, 1.82) is 0 Å².